The van der Waals surface area contributed by atoms with Gasteiger partial charge in [-0.15, -0.1) is 11.8 Å². The molecule has 1 N–H and O–H groups in total. The second kappa shape index (κ2) is 9.08. The fourth-order valence-electron chi connectivity index (χ4n) is 2.12. The summed E-state index contributed by atoms with van der Waals surface area (Å²) < 4.78 is 10.2. The number of H-pyrrole nitrogens is 1. The van der Waals surface area contributed by atoms with Gasteiger partial charge >= 0.3 is 5.97 Å². The van der Waals surface area contributed by atoms with E-state index in [0.29, 0.717) is 22.8 Å². The number of carbonyl (C=O) groups excluding carboxylic acids is 3. The molecule has 2 aromatic rings. The van der Waals surface area contributed by atoms with E-state index in [1.807, 2.05) is 0 Å². The Morgan fingerprint density at radius 1 is 1.20 bits per heavy atom. The Bertz CT molecular complexity index is 755. The average molecular weight is 361 g/mol. The van der Waals surface area contributed by atoms with Crippen molar-refractivity contribution in [1.29, 1.82) is 0 Å². The number of benzene rings is 1. The Morgan fingerprint density at radius 3 is 2.64 bits per heavy atom. The summed E-state index contributed by atoms with van der Waals surface area (Å²) in [6.45, 7) is 1.21. The summed E-state index contributed by atoms with van der Waals surface area (Å²) in [6.07, 6.45) is 1.63. The lowest BCUT2D eigenvalue weighted by Gasteiger charge is -2.09. The summed E-state index contributed by atoms with van der Waals surface area (Å²) in [7, 11) is 1.55. The third-order valence-corrected chi connectivity index (χ3v) is 4.38. The van der Waals surface area contributed by atoms with Crippen LogP contribution in [0.5, 0.6) is 5.75 Å². The van der Waals surface area contributed by atoms with Crippen LogP contribution in [0.1, 0.15) is 33.3 Å². The van der Waals surface area contributed by atoms with Crippen molar-refractivity contribution in [3.05, 3.63) is 53.3 Å². The van der Waals surface area contributed by atoms with E-state index in [0.717, 1.165) is 5.56 Å². The molecule has 0 fully saturated rings. The van der Waals surface area contributed by atoms with Crippen LogP contribution in [-0.2, 0) is 15.3 Å². The molecule has 1 aromatic heterocycles. The van der Waals surface area contributed by atoms with Gasteiger partial charge in [0.1, 0.15) is 5.75 Å². The lowest BCUT2D eigenvalue weighted by molar-refractivity contribution is -0.139. The van der Waals surface area contributed by atoms with Crippen molar-refractivity contribution in [3.8, 4) is 5.75 Å². The number of aromatic amines is 1. The van der Waals surface area contributed by atoms with Crippen LogP contribution in [0.3, 0.4) is 0 Å². The van der Waals surface area contributed by atoms with Crippen molar-refractivity contribution in [2.45, 2.75) is 12.7 Å². The van der Waals surface area contributed by atoms with Gasteiger partial charge in [0, 0.05) is 23.1 Å². The first-order chi connectivity index (χ1) is 12.0. The van der Waals surface area contributed by atoms with E-state index in [4.69, 9.17) is 9.47 Å². The fourth-order valence-corrected chi connectivity index (χ4v) is 2.92. The van der Waals surface area contributed by atoms with Crippen LogP contribution in [-0.4, -0.2) is 42.0 Å². The van der Waals surface area contributed by atoms with Crippen molar-refractivity contribution in [1.82, 2.24) is 4.98 Å². The number of aromatic nitrogens is 1. The molecule has 25 heavy (non-hydrogen) atoms. The van der Waals surface area contributed by atoms with E-state index in [9.17, 15) is 14.4 Å². The zero-order valence-corrected chi connectivity index (χ0v) is 14.9. The van der Waals surface area contributed by atoms with Crippen LogP contribution in [0.15, 0.2) is 36.5 Å². The van der Waals surface area contributed by atoms with Gasteiger partial charge in [0.25, 0.3) is 0 Å². The number of hydrogen-bond acceptors (Lipinski definition) is 6. The summed E-state index contributed by atoms with van der Waals surface area (Å²) in [6, 6.07) is 8.52. The second-order valence-electron chi connectivity index (χ2n) is 5.24. The second-order valence-corrected chi connectivity index (χ2v) is 6.23. The Morgan fingerprint density at radius 2 is 2.00 bits per heavy atom. The zero-order chi connectivity index (χ0) is 18.2. The Balaban J connectivity index is 1.81. The van der Waals surface area contributed by atoms with Crippen molar-refractivity contribution in [2.24, 2.45) is 0 Å². The number of methoxy groups -OCH3 is 1. The van der Waals surface area contributed by atoms with Crippen molar-refractivity contribution in [2.75, 3.05) is 19.5 Å². The van der Waals surface area contributed by atoms with Crippen LogP contribution in [0.4, 0.5) is 0 Å². The molecule has 1 aromatic carbocycles. The van der Waals surface area contributed by atoms with Gasteiger partial charge in [0.15, 0.2) is 12.4 Å². The maximum atomic E-state index is 11.7. The molecule has 0 aliphatic heterocycles. The minimum atomic E-state index is -0.466. The predicted molar refractivity (Wildman–Crippen MR) is 95.2 cm³/mol. The minimum absolute atomic E-state index is 0.0314. The molecular formula is C18H19NO5S. The third-order valence-electron chi connectivity index (χ3n) is 3.43. The van der Waals surface area contributed by atoms with E-state index in [1.54, 1.807) is 43.6 Å². The molecule has 7 heteroatoms. The summed E-state index contributed by atoms with van der Waals surface area (Å²) in [4.78, 5) is 37.7. The molecule has 0 saturated heterocycles. The van der Waals surface area contributed by atoms with Gasteiger partial charge in [-0.25, -0.2) is 0 Å². The lowest BCUT2D eigenvalue weighted by atomic mass is 10.1. The Kier molecular flexibility index (Phi) is 6.82. The minimum Gasteiger partial charge on any atom is -0.496 e. The maximum Gasteiger partial charge on any atom is 0.316 e. The van der Waals surface area contributed by atoms with Gasteiger partial charge in [-0.05, 0) is 37.3 Å². The van der Waals surface area contributed by atoms with E-state index in [2.05, 4.69) is 4.98 Å². The first kappa shape index (κ1) is 18.8. The molecule has 0 amide bonds. The molecule has 6 nitrogen and oxygen atoms in total. The van der Waals surface area contributed by atoms with Crippen LogP contribution < -0.4 is 4.74 Å². The number of rotatable bonds is 9. The molecule has 0 saturated carbocycles. The molecule has 132 valence electrons. The number of ketones is 2. The third kappa shape index (κ3) is 5.49. The quantitative estimate of drug-likeness (QED) is 0.546. The lowest BCUT2D eigenvalue weighted by Crippen LogP contribution is -2.15. The smallest absolute Gasteiger partial charge is 0.316 e. The molecule has 0 aliphatic rings. The predicted octanol–water partition coefficient (Wildman–Crippen LogP) is 2.89. The van der Waals surface area contributed by atoms with Crippen molar-refractivity contribution < 1.29 is 23.9 Å². The van der Waals surface area contributed by atoms with Gasteiger partial charge in [0.2, 0.25) is 5.78 Å². The molecule has 0 bridgehead atoms. The molecule has 1 heterocycles. The van der Waals surface area contributed by atoms with Gasteiger partial charge < -0.3 is 14.5 Å². The summed E-state index contributed by atoms with van der Waals surface area (Å²) in [5, 5.41) is 0. The monoisotopic (exact) mass is 361 g/mol. The molecule has 0 aliphatic carbocycles. The molecule has 0 atom stereocenters. The first-order valence-electron chi connectivity index (χ1n) is 7.59. The topological polar surface area (TPSA) is 85.5 Å². The van der Waals surface area contributed by atoms with Gasteiger partial charge in [0.05, 0.1) is 18.6 Å². The number of esters is 1. The summed E-state index contributed by atoms with van der Waals surface area (Å²) in [5.41, 5.74) is 1.83. The van der Waals surface area contributed by atoms with Crippen molar-refractivity contribution >= 4 is 29.3 Å². The fraction of sp³-hybridized carbons (Fsp3) is 0.278. The number of ether oxygens (including phenoxy) is 2. The highest BCUT2D eigenvalue weighted by molar-refractivity contribution is 7.99. The van der Waals surface area contributed by atoms with Crippen molar-refractivity contribution in [3.63, 3.8) is 0 Å². The van der Waals surface area contributed by atoms with E-state index in [1.165, 1.54) is 18.7 Å². The SMILES string of the molecule is COc1ccc(C(C)=O)cc1CSCC(=O)OCC(=O)c1ccc[nH]1. The molecule has 0 unspecified atom stereocenters. The molecular weight excluding hydrogens is 342 g/mol. The van der Waals surface area contributed by atoms with Crippen LogP contribution >= 0.6 is 11.8 Å². The van der Waals surface area contributed by atoms with E-state index in [-0.39, 0.29) is 23.9 Å². The number of thioether (sulfide) groups is 1. The Labute approximate surface area is 149 Å². The maximum absolute atomic E-state index is 11.7. The number of hydrogen-bond donors (Lipinski definition) is 1. The van der Waals surface area contributed by atoms with E-state index < -0.39 is 5.97 Å². The Hall–Kier alpha value is -2.54. The van der Waals surface area contributed by atoms with E-state index >= 15 is 0 Å². The van der Waals surface area contributed by atoms with Gasteiger partial charge in [-0.3, -0.25) is 14.4 Å². The zero-order valence-electron chi connectivity index (χ0n) is 14.0. The van der Waals surface area contributed by atoms with Gasteiger partial charge in [-0.2, -0.15) is 0 Å². The van der Waals surface area contributed by atoms with Crippen LogP contribution in [0.2, 0.25) is 0 Å². The highest BCUT2D eigenvalue weighted by Crippen LogP contribution is 2.25. The number of carbonyl (C=O) groups is 3. The normalized spacial score (nSPS) is 10.3. The van der Waals surface area contributed by atoms with Crippen LogP contribution in [0, 0.1) is 0 Å². The highest BCUT2D eigenvalue weighted by Gasteiger charge is 2.12. The number of Topliss-reactive ketones (excluding diaryl/α,β-unsaturated/α-hetero) is 2. The molecule has 2 rings (SSSR count). The standard InChI is InChI=1S/C18H19NO5S/c1-12(20)13-5-6-17(23-2)14(8-13)10-25-11-18(22)24-9-16(21)15-4-3-7-19-15/h3-8,19H,9-11H2,1-2H3. The molecule has 0 spiro atoms. The average Bonchev–Trinajstić information content (AvgIpc) is 3.14. The number of nitrogens with one attached hydrogen (secondary N) is 1. The van der Waals surface area contributed by atoms with Gasteiger partial charge in [-0.1, -0.05) is 0 Å². The van der Waals surface area contributed by atoms with Crippen LogP contribution in [0.25, 0.3) is 0 Å². The summed E-state index contributed by atoms with van der Waals surface area (Å²) in [5.74, 6) is 0.477. The molecule has 0 radical (unpaired) electrons. The summed E-state index contributed by atoms with van der Waals surface area (Å²) >= 11 is 1.33. The largest absolute Gasteiger partial charge is 0.496 e. The first-order valence-corrected chi connectivity index (χ1v) is 8.74. The highest BCUT2D eigenvalue weighted by atomic mass is 32.2.